The third-order valence-corrected chi connectivity index (χ3v) is 4.93. The zero-order valence-corrected chi connectivity index (χ0v) is 14.5. The van der Waals surface area contributed by atoms with Crippen LogP contribution in [0.4, 0.5) is 11.6 Å². The van der Waals surface area contributed by atoms with Gasteiger partial charge < -0.3 is 20.1 Å². The summed E-state index contributed by atoms with van der Waals surface area (Å²) in [5.41, 5.74) is -0.371. The van der Waals surface area contributed by atoms with Gasteiger partial charge in [-0.2, -0.15) is 0 Å². The van der Waals surface area contributed by atoms with Crippen LogP contribution in [0.5, 0.6) is 0 Å². The molecule has 2 fully saturated rings. The van der Waals surface area contributed by atoms with Crippen molar-refractivity contribution in [3.8, 4) is 0 Å². The van der Waals surface area contributed by atoms with Gasteiger partial charge in [0.2, 0.25) is 0 Å². The number of hydrogen-bond donors (Lipinski definition) is 2. The van der Waals surface area contributed by atoms with Gasteiger partial charge in [0.05, 0.1) is 29.9 Å². The molecule has 0 amide bonds. The molecule has 2 aliphatic rings. The number of nitrogens with zero attached hydrogens (tertiary/aromatic N) is 3. The van der Waals surface area contributed by atoms with Crippen LogP contribution in [0.3, 0.4) is 0 Å². The molecule has 3 rings (SSSR count). The minimum atomic E-state index is -0.240. The van der Waals surface area contributed by atoms with Crippen molar-refractivity contribution >= 4 is 11.6 Å². The zero-order valence-electron chi connectivity index (χ0n) is 14.5. The predicted octanol–water partition coefficient (Wildman–Crippen LogP) is 2.20. The monoisotopic (exact) mass is 320 g/mol. The topological polar surface area (TPSA) is 70.5 Å². The molecule has 2 saturated heterocycles. The molecule has 0 spiro atoms. The van der Waals surface area contributed by atoms with Crippen LogP contribution in [0.1, 0.15) is 47.0 Å². The molecule has 0 radical (unpaired) electrons. The smallest absolute Gasteiger partial charge is 0.134 e. The van der Waals surface area contributed by atoms with Crippen molar-refractivity contribution < 1.29 is 9.84 Å². The highest BCUT2D eigenvalue weighted by molar-refractivity contribution is 5.50. The molecule has 2 unspecified atom stereocenters. The van der Waals surface area contributed by atoms with Crippen LogP contribution >= 0.6 is 0 Å². The molecule has 6 heteroatoms. The van der Waals surface area contributed by atoms with Crippen molar-refractivity contribution in [2.45, 2.75) is 70.2 Å². The van der Waals surface area contributed by atoms with Crippen molar-refractivity contribution in [2.75, 3.05) is 23.4 Å². The van der Waals surface area contributed by atoms with E-state index in [2.05, 4.69) is 47.9 Å². The molecular weight excluding hydrogens is 292 g/mol. The van der Waals surface area contributed by atoms with Gasteiger partial charge >= 0.3 is 0 Å². The van der Waals surface area contributed by atoms with E-state index in [1.54, 1.807) is 6.33 Å². The van der Waals surface area contributed by atoms with Crippen LogP contribution in [0.25, 0.3) is 0 Å². The Morgan fingerprint density at radius 3 is 2.78 bits per heavy atom. The van der Waals surface area contributed by atoms with E-state index in [1.807, 2.05) is 6.07 Å². The highest BCUT2D eigenvalue weighted by atomic mass is 16.5. The summed E-state index contributed by atoms with van der Waals surface area (Å²) in [6.07, 6.45) is 4.64. The Hall–Kier alpha value is -1.40. The lowest BCUT2D eigenvalue weighted by molar-refractivity contribution is -0.0662. The standard InChI is InChI=1S/C17H28N4O2/c1-16(2)9-13(17(3,4)23-16)20-14-8-15(19-11-18-14)21-7-5-6-12(21)10-22/h8,11-13,22H,5-7,9-10H2,1-4H3,(H,18,19,20). The Kier molecular flexibility index (Phi) is 4.23. The number of hydrogen-bond acceptors (Lipinski definition) is 6. The van der Waals surface area contributed by atoms with Crippen LogP contribution in [0, 0.1) is 0 Å². The van der Waals surface area contributed by atoms with Gasteiger partial charge in [0.1, 0.15) is 18.0 Å². The first-order valence-electron chi connectivity index (χ1n) is 8.47. The normalized spacial score (nSPS) is 29.0. The number of rotatable bonds is 4. The number of nitrogens with one attached hydrogen (secondary N) is 1. The van der Waals surface area contributed by atoms with Gasteiger partial charge in [-0.25, -0.2) is 9.97 Å². The summed E-state index contributed by atoms with van der Waals surface area (Å²) in [4.78, 5) is 10.9. The van der Waals surface area contributed by atoms with Gasteiger partial charge in [0.25, 0.3) is 0 Å². The van der Waals surface area contributed by atoms with Crippen molar-refractivity contribution in [1.82, 2.24) is 9.97 Å². The summed E-state index contributed by atoms with van der Waals surface area (Å²) in [5.74, 6) is 1.70. The van der Waals surface area contributed by atoms with Crippen molar-refractivity contribution in [1.29, 1.82) is 0 Å². The molecule has 2 N–H and O–H groups in total. The van der Waals surface area contributed by atoms with E-state index in [-0.39, 0.29) is 29.9 Å². The molecule has 0 bridgehead atoms. The number of aliphatic hydroxyl groups excluding tert-OH is 1. The second-order valence-corrected chi connectivity index (χ2v) is 7.80. The highest BCUT2D eigenvalue weighted by Gasteiger charge is 2.46. The van der Waals surface area contributed by atoms with Gasteiger partial charge in [0, 0.05) is 12.6 Å². The summed E-state index contributed by atoms with van der Waals surface area (Å²) in [6, 6.07) is 2.35. The Bertz CT molecular complexity index is 561. The van der Waals surface area contributed by atoms with E-state index in [9.17, 15) is 5.11 Å². The average molecular weight is 320 g/mol. The molecule has 0 saturated carbocycles. The molecule has 2 atom stereocenters. The molecule has 2 aliphatic heterocycles. The van der Waals surface area contributed by atoms with E-state index in [0.717, 1.165) is 37.4 Å². The second kappa shape index (κ2) is 5.91. The zero-order chi connectivity index (χ0) is 16.7. The largest absolute Gasteiger partial charge is 0.394 e. The SMILES string of the molecule is CC1(C)CC(Nc2cc(N3CCCC3CO)ncn2)C(C)(C)O1. The maximum absolute atomic E-state index is 9.51. The lowest BCUT2D eigenvalue weighted by Crippen LogP contribution is -2.38. The van der Waals surface area contributed by atoms with E-state index in [0.29, 0.717) is 0 Å². The summed E-state index contributed by atoms with van der Waals surface area (Å²) >= 11 is 0. The molecule has 6 nitrogen and oxygen atoms in total. The summed E-state index contributed by atoms with van der Waals surface area (Å²) in [6.45, 7) is 9.58. The minimum Gasteiger partial charge on any atom is -0.394 e. The summed E-state index contributed by atoms with van der Waals surface area (Å²) < 4.78 is 6.14. The fraction of sp³-hybridized carbons (Fsp3) is 0.765. The van der Waals surface area contributed by atoms with Crippen LogP contribution in [-0.2, 0) is 4.74 Å². The molecule has 0 aliphatic carbocycles. The van der Waals surface area contributed by atoms with Gasteiger partial charge in [-0.1, -0.05) is 0 Å². The maximum atomic E-state index is 9.51. The van der Waals surface area contributed by atoms with E-state index in [4.69, 9.17) is 4.74 Å². The maximum Gasteiger partial charge on any atom is 0.134 e. The van der Waals surface area contributed by atoms with Crippen LogP contribution in [0.15, 0.2) is 12.4 Å². The van der Waals surface area contributed by atoms with Gasteiger partial charge in [0.15, 0.2) is 0 Å². The summed E-state index contributed by atoms with van der Waals surface area (Å²) in [5, 5.41) is 13.0. The lowest BCUT2D eigenvalue weighted by Gasteiger charge is -2.28. The number of aromatic nitrogens is 2. The summed E-state index contributed by atoms with van der Waals surface area (Å²) in [7, 11) is 0. The Balaban J connectivity index is 1.76. The van der Waals surface area contributed by atoms with Gasteiger partial charge in [-0.15, -0.1) is 0 Å². The lowest BCUT2D eigenvalue weighted by atomic mass is 9.94. The van der Waals surface area contributed by atoms with Crippen molar-refractivity contribution in [3.05, 3.63) is 12.4 Å². The quantitative estimate of drug-likeness (QED) is 0.886. The van der Waals surface area contributed by atoms with E-state index in [1.165, 1.54) is 0 Å². The third kappa shape index (κ3) is 3.43. The van der Waals surface area contributed by atoms with Gasteiger partial charge in [-0.05, 0) is 47.0 Å². The molecule has 0 aromatic carbocycles. The number of anilines is 2. The fourth-order valence-electron chi connectivity index (χ4n) is 3.88. The number of ether oxygens (including phenoxy) is 1. The molecule has 128 valence electrons. The highest BCUT2D eigenvalue weighted by Crippen LogP contribution is 2.38. The van der Waals surface area contributed by atoms with Gasteiger partial charge in [-0.3, -0.25) is 0 Å². The van der Waals surface area contributed by atoms with Crippen LogP contribution < -0.4 is 10.2 Å². The first-order valence-corrected chi connectivity index (χ1v) is 8.47. The average Bonchev–Trinajstić information content (AvgIpc) is 3.01. The second-order valence-electron chi connectivity index (χ2n) is 7.80. The Morgan fingerprint density at radius 1 is 1.35 bits per heavy atom. The fourth-order valence-corrected chi connectivity index (χ4v) is 3.88. The third-order valence-electron chi connectivity index (χ3n) is 4.93. The Labute approximate surface area is 138 Å². The van der Waals surface area contributed by atoms with Crippen molar-refractivity contribution in [3.63, 3.8) is 0 Å². The molecular formula is C17H28N4O2. The van der Waals surface area contributed by atoms with Crippen LogP contribution in [0.2, 0.25) is 0 Å². The van der Waals surface area contributed by atoms with E-state index >= 15 is 0 Å². The minimum absolute atomic E-state index is 0.131. The Morgan fingerprint density at radius 2 is 2.13 bits per heavy atom. The molecule has 1 aromatic rings. The number of aliphatic hydroxyl groups is 1. The van der Waals surface area contributed by atoms with Crippen molar-refractivity contribution in [2.24, 2.45) is 0 Å². The first-order chi connectivity index (χ1) is 10.8. The predicted molar refractivity (Wildman–Crippen MR) is 90.8 cm³/mol. The van der Waals surface area contributed by atoms with E-state index < -0.39 is 0 Å². The first kappa shape index (κ1) is 16.5. The van der Waals surface area contributed by atoms with Crippen LogP contribution in [-0.4, -0.2) is 51.5 Å². The molecule has 3 heterocycles. The molecule has 23 heavy (non-hydrogen) atoms. The molecule has 1 aromatic heterocycles.